The number of hydrogen-bond acceptors (Lipinski definition) is 2. The Hall–Kier alpha value is -2.17. The number of halogens is 1. The monoisotopic (exact) mass is 233 g/mol. The summed E-state index contributed by atoms with van der Waals surface area (Å²) < 4.78 is 12.6. The molecule has 0 atom stereocenters. The summed E-state index contributed by atoms with van der Waals surface area (Å²) in [5, 5.41) is 2.62. The third-order valence-electron chi connectivity index (χ3n) is 2.31. The van der Waals surface area contributed by atoms with E-state index in [1.165, 1.54) is 12.1 Å². The van der Waals surface area contributed by atoms with E-state index in [0.29, 0.717) is 18.8 Å². The molecule has 0 aliphatic rings. The first kappa shape index (κ1) is 11.3. The number of imidazole rings is 1. The van der Waals surface area contributed by atoms with Crippen LogP contribution in [0.5, 0.6) is 0 Å². The molecule has 0 radical (unpaired) electrons. The molecule has 5 heteroatoms. The van der Waals surface area contributed by atoms with Crippen LogP contribution in [0, 0.1) is 5.82 Å². The van der Waals surface area contributed by atoms with E-state index in [1.807, 2.05) is 0 Å². The Kier molecular flexibility index (Phi) is 3.49. The molecule has 0 bridgehead atoms. The van der Waals surface area contributed by atoms with E-state index in [0.717, 1.165) is 5.56 Å². The van der Waals surface area contributed by atoms with Gasteiger partial charge in [-0.1, -0.05) is 12.1 Å². The Morgan fingerprint density at radius 3 is 2.76 bits per heavy atom. The van der Waals surface area contributed by atoms with E-state index in [2.05, 4.69) is 15.3 Å². The Labute approximate surface area is 97.9 Å². The minimum absolute atomic E-state index is 0.121. The van der Waals surface area contributed by atoms with Crippen molar-refractivity contribution in [3.05, 3.63) is 48.0 Å². The molecule has 1 heterocycles. The number of H-pyrrole nitrogens is 1. The summed E-state index contributed by atoms with van der Waals surface area (Å²) in [5.41, 5.74) is 0.931. The number of hydrogen-bond donors (Lipinski definition) is 2. The van der Waals surface area contributed by atoms with Gasteiger partial charge in [0.05, 0.1) is 0 Å². The highest BCUT2D eigenvalue weighted by molar-refractivity contribution is 5.89. The van der Waals surface area contributed by atoms with Gasteiger partial charge >= 0.3 is 0 Å². The van der Waals surface area contributed by atoms with Crippen LogP contribution in [0.2, 0.25) is 0 Å². The predicted octanol–water partition coefficient (Wildman–Crippen LogP) is 2.12. The Morgan fingerprint density at radius 2 is 2.12 bits per heavy atom. The topological polar surface area (TPSA) is 57.8 Å². The molecule has 17 heavy (non-hydrogen) atoms. The Bertz CT molecular complexity index is 479. The number of nitrogens with one attached hydrogen (secondary N) is 2. The number of nitrogens with zero attached hydrogens (tertiary/aromatic N) is 1. The van der Waals surface area contributed by atoms with Gasteiger partial charge in [-0.2, -0.15) is 0 Å². The van der Waals surface area contributed by atoms with E-state index >= 15 is 0 Å². The molecule has 0 saturated carbocycles. The van der Waals surface area contributed by atoms with Gasteiger partial charge in [-0.3, -0.25) is 10.1 Å². The Balaban J connectivity index is 1.82. The smallest absolute Gasteiger partial charge is 0.227 e. The molecule has 1 aromatic carbocycles. The van der Waals surface area contributed by atoms with Crippen molar-refractivity contribution in [1.82, 2.24) is 9.97 Å². The zero-order valence-corrected chi connectivity index (χ0v) is 9.11. The van der Waals surface area contributed by atoms with Gasteiger partial charge in [-0.05, 0) is 24.1 Å². The van der Waals surface area contributed by atoms with Crippen molar-refractivity contribution in [1.29, 1.82) is 0 Å². The molecule has 0 unspecified atom stereocenters. The number of carbonyl (C=O) groups is 1. The SMILES string of the molecule is O=C(CCc1ccc(F)cc1)Nc1ncc[nH]1. The highest BCUT2D eigenvalue weighted by Gasteiger charge is 2.04. The quantitative estimate of drug-likeness (QED) is 0.849. The maximum Gasteiger partial charge on any atom is 0.227 e. The molecule has 2 aromatic rings. The third-order valence-corrected chi connectivity index (χ3v) is 2.31. The maximum absolute atomic E-state index is 12.6. The lowest BCUT2D eigenvalue weighted by Crippen LogP contribution is -2.13. The fourth-order valence-electron chi connectivity index (χ4n) is 1.44. The number of rotatable bonds is 4. The largest absolute Gasteiger partial charge is 0.331 e. The highest BCUT2D eigenvalue weighted by atomic mass is 19.1. The van der Waals surface area contributed by atoms with Gasteiger partial charge in [-0.25, -0.2) is 9.37 Å². The average Bonchev–Trinajstić information content (AvgIpc) is 2.81. The lowest BCUT2D eigenvalue weighted by molar-refractivity contribution is -0.116. The number of aromatic nitrogens is 2. The third kappa shape index (κ3) is 3.41. The van der Waals surface area contributed by atoms with Crippen molar-refractivity contribution < 1.29 is 9.18 Å². The van der Waals surface area contributed by atoms with Crippen molar-refractivity contribution in [3.63, 3.8) is 0 Å². The van der Waals surface area contributed by atoms with E-state index in [4.69, 9.17) is 0 Å². The number of aromatic amines is 1. The molecule has 88 valence electrons. The molecule has 2 rings (SSSR count). The average molecular weight is 233 g/mol. The molecule has 0 fully saturated rings. The fraction of sp³-hybridized carbons (Fsp3) is 0.167. The van der Waals surface area contributed by atoms with Crippen molar-refractivity contribution >= 4 is 11.9 Å². The van der Waals surface area contributed by atoms with Crippen LogP contribution in [0.25, 0.3) is 0 Å². The minimum Gasteiger partial charge on any atom is -0.331 e. The summed E-state index contributed by atoms with van der Waals surface area (Å²) in [4.78, 5) is 18.2. The van der Waals surface area contributed by atoms with Gasteiger partial charge < -0.3 is 4.98 Å². The van der Waals surface area contributed by atoms with Gasteiger partial charge in [0.15, 0.2) is 0 Å². The predicted molar refractivity (Wildman–Crippen MR) is 61.9 cm³/mol. The highest BCUT2D eigenvalue weighted by Crippen LogP contribution is 2.06. The second kappa shape index (κ2) is 5.25. The van der Waals surface area contributed by atoms with Crippen LogP contribution in [0.3, 0.4) is 0 Å². The molecule has 0 saturated heterocycles. The van der Waals surface area contributed by atoms with E-state index < -0.39 is 0 Å². The normalized spacial score (nSPS) is 10.2. The van der Waals surface area contributed by atoms with Crippen LogP contribution in [0.4, 0.5) is 10.3 Å². The Morgan fingerprint density at radius 1 is 1.35 bits per heavy atom. The summed E-state index contributed by atoms with van der Waals surface area (Å²) in [5.74, 6) is 0.0483. The number of benzene rings is 1. The summed E-state index contributed by atoms with van der Waals surface area (Å²) in [7, 11) is 0. The second-order valence-electron chi connectivity index (χ2n) is 3.61. The van der Waals surface area contributed by atoms with E-state index in [-0.39, 0.29) is 11.7 Å². The van der Waals surface area contributed by atoms with E-state index in [9.17, 15) is 9.18 Å². The molecule has 4 nitrogen and oxygen atoms in total. The molecular formula is C12H12FN3O. The molecular weight excluding hydrogens is 221 g/mol. The van der Waals surface area contributed by atoms with Gasteiger partial charge in [0, 0.05) is 18.8 Å². The number of anilines is 1. The lowest BCUT2D eigenvalue weighted by atomic mass is 10.1. The van der Waals surface area contributed by atoms with Crippen molar-refractivity contribution in [3.8, 4) is 0 Å². The van der Waals surface area contributed by atoms with Crippen molar-refractivity contribution in [2.45, 2.75) is 12.8 Å². The number of carbonyl (C=O) groups excluding carboxylic acids is 1. The maximum atomic E-state index is 12.6. The summed E-state index contributed by atoms with van der Waals surface area (Å²) >= 11 is 0. The minimum atomic E-state index is -0.270. The zero-order valence-electron chi connectivity index (χ0n) is 9.11. The molecule has 0 aliphatic heterocycles. The van der Waals surface area contributed by atoms with Gasteiger partial charge in [0.25, 0.3) is 0 Å². The molecule has 0 spiro atoms. The molecule has 0 aliphatic carbocycles. The van der Waals surface area contributed by atoms with Crippen molar-refractivity contribution in [2.24, 2.45) is 0 Å². The van der Waals surface area contributed by atoms with Crippen LogP contribution in [0.15, 0.2) is 36.7 Å². The van der Waals surface area contributed by atoms with Gasteiger partial charge in [0.2, 0.25) is 11.9 Å². The lowest BCUT2D eigenvalue weighted by Gasteiger charge is -2.02. The van der Waals surface area contributed by atoms with Crippen LogP contribution >= 0.6 is 0 Å². The summed E-state index contributed by atoms with van der Waals surface area (Å²) in [6.07, 6.45) is 4.12. The van der Waals surface area contributed by atoms with Crippen LogP contribution < -0.4 is 5.32 Å². The number of aryl methyl sites for hydroxylation is 1. The standard InChI is InChI=1S/C12H12FN3O/c13-10-4-1-9(2-5-10)3-6-11(17)16-12-14-7-8-15-12/h1-2,4-5,7-8H,3,6H2,(H2,14,15,16,17). The summed E-state index contributed by atoms with van der Waals surface area (Å²) in [6.45, 7) is 0. The second-order valence-corrected chi connectivity index (χ2v) is 3.61. The molecule has 1 amide bonds. The molecule has 1 aromatic heterocycles. The zero-order chi connectivity index (χ0) is 12.1. The van der Waals surface area contributed by atoms with Crippen LogP contribution in [-0.2, 0) is 11.2 Å². The van der Waals surface area contributed by atoms with Gasteiger partial charge in [0.1, 0.15) is 5.82 Å². The van der Waals surface area contributed by atoms with Gasteiger partial charge in [-0.15, -0.1) is 0 Å². The fourth-order valence-corrected chi connectivity index (χ4v) is 1.44. The first-order valence-corrected chi connectivity index (χ1v) is 5.28. The first-order chi connectivity index (χ1) is 8.24. The summed E-state index contributed by atoms with van der Waals surface area (Å²) in [6, 6.07) is 6.13. The van der Waals surface area contributed by atoms with Crippen molar-refractivity contribution in [2.75, 3.05) is 5.32 Å². The molecule has 2 N–H and O–H groups in total. The van der Waals surface area contributed by atoms with Crippen LogP contribution in [0.1, 0.15) is 12.0 Å². The van der Waals surface area contributed by atoms with E-state index in [1.54, 1.807) is 24.5 Å². The number of amides is 1. The first-order valence-electron chi connectivity index (χ1n) is 5.28. The van der Waals surface area contributed by atoms with Crippen LogP contribution in [-0.4, -0.2) is 15.9 Å².